The van der Waals surface area contributed by atoms with Crippen LogP contribution in [-0.4, -0.2) is 30.5 Å². The van der Waals surface area contributed by atoms with Gasteiger partial charge in [-0.25, -0.2) is 4.98 Å². The molecule has 1 heterocycles. The number of carbonyl (C=O) groups is 1. The van der Waals surface area contributed by atoms with Gasteiger partial charge in [0.15, 0.2) is 5.13 Å². The molecule has 1 amide bonds. The van der Waals surface area contributed by atoms with Gasteiger partial charge in [-0.1, -0.05) is 37.5 Å². The van der Waals surface area contributed by atoms with Crippen molar-refractivity contribution in [2.75, 3.05) is 24.2 Å². The molecule has 0 radical (unpaired) electrons. The zero-order valence-electron chi connectivity index (χ0n) is 13.2. The maximum atomic E-state index is 12.5. The SMILES string of the molecule is CCC1CCCCC1NC(=O)c1sc(N(C)CC)nc1N. The van der Waals surface area contributed by atoms with E-state index >= 15 is 0 Å². The predicted octanol–water partition coefficient (Wildman–Crippen LogP) is 2.88. The normalized spacial score (nSPS) is 22.0. The van der Waals surface area contributed by atoms with E-state index in [-0.39, 0.29) is 11.9 Å². The predicted molar refractivity (Wildman–Crippen MR) is 89.0 cm³/mol. The highest BCUT2D eigenvalue weighted by Crippen LogP contribution is 2.30. The first-order valence-electron chi connectivity index (χ1n) is 7.85. The first kappa shape index (κ1) is 16.1. The second-order valence-electron chi connectivity index (χ2n) is 5.76. The molecule has 21 heavy (non-hydrogen) atoms. The first-order valence-corrected chi connectivity index (χ1v) is 8.66. The Morgan fingerprint density at radius 1 is 1.43 bits per heavy atom. The lowest BCUT2D eigenvalue weighted by Gasteiger charge is -2.31. The van der Waals surface area contributed by atoms with Crippen LogP contribution in [0.3, 0.4) is 0 Å². The lowest BCUT2D eigenvalue weighted by Crippen LogP contribution is -2.41. The molecule has 1 aliphatic carbocycles. The molecule has 1 aliphatic rings. The highest BCUT2D eigenvalue weighted by atomic mass is 32.1. The molecule has 5 nitrogen and oxygen atoms in total. The fourth-order valence-electron chi connectivity index (χ4n) is 2.90. The van der Waals surface area contributed by atoms with E-state index in [0.29, 0.717) is 16.6 Å². The number of carbonyl (C=O) groups excluding carboxylic acids is 1. The van der Waals surface area contributed by atoms with E-state index in [1.807, 2.05) is 18.9 Å². The van der Waals surface area contributed by atoms with Gasteiger partial charge in [-0.3, -0.25) is 4.79 Å². The molecule has 0 saturated heterocycles. The first-order chi connectivity index (χ1) is 10.1. The summed E-state index contributed by atoms with van der Waals surface area (Å²) < 4.78 is 0. The maximum absolute atomic E-state index is 12.5. The largest absolute Gasteiger partial charge is 0.382 e. The Kier molecular flexibility index (Phi) is 5.45. The summed E-state index contributed by atoms with van der Waals surface area (Å²) in [5, 5.41) is 3.98. The summed E-state index contributed by atoms with van der Waals surface area (Å²) >= 11 is 1.38. The maximum Gasteiger partial charge on any atom is 0.265 e. The molecule has 0 bridgehead atoms. The number of hydrogen-bond donors (Lipinski definition) is 2. The summed E-state index contributed by atoms with van der Waals surface area (Å²) in [7, 11) is 1.95. The molecule has 1 aromatic heterocycles. The van der Waals surface area contributed by atoms with Crippen LogP contribution in [0.4, 0.5) is 10.9 Å². The fraction of sp³-hybridized carbons (Fsp3) is 0.733. The number of hydrogen-bond acceptors (Lipinski definition) is 5. The molecule has 1 aromatic rings. The monoisotopic (exact) mass is 310 g/mol. The Balaban J connectivity index is 2.07. The number of nitrogen functional groups attached to an aromatic ring is 1. The molecule has 0 spiro atoms. The van der Waals surface area contributed by atoms with Gasteiger partial charge in [0.25, 0.3) is 5.91 Å². The Bertz CT molecular complexity index is 488. The topological polar surface area (TPSA) is 71.2 Å². The zero-order chi connectivity index (χ0) is 15.4. The zero-order valence-corrected chi connectivity index (χ0v) is 14.0. The van der Waals surface area contributed by atoms with Crippen LogP contribution in [0, 0.1) is 5.92 Å². The van der Waals surface area contributed by atoms with Gasteiger partial charge in [0.1, 0.15) is 10.7 Å². The average Bonchev–Trinajstić information content (AvgIpc) is 2.89. The third-order valence-corrected chi connectivity index (χ3v) is 5.58. The summed E-state index contributed by atoms with van der Waals surface area (Å²) in [6.07, 6.45) is 5.88. The van der Waals surface area contributed by atoms with E-state index in [2.05, 4.69) is 17.2 Å². The van der Waals surface area contributed by atoms with Crippen LogP contribution in [-0.2, 0) is 0 Å². The van der Waals surface area contributed by atoms with Gasteiger partial charge in [0, 0.05) is 19.6 Å². The van der Waals surface area contributed by atoms with Crippen LogP contribution in [0.25, 0.3) is 0 Å². The minimum atomic E-state index is -0.0638. The second kappa shape index (κ2) is 7.11. The molecule has 0 aromatic carbocycles. The van der Waals surface area contributed by atoms with Crippen molar-refractivity contribution >= 4 is 28.2 Å². The smallest absolute Gasteiger partial charge is 0.265 e. The second-order valence-corrected chi connectivity index (χ2v) is 6.74. The molecule has 3 N–H and O–H groups in total. The van der Waals surface area contributed by atoms with Crippen molar-refractivity contribution in [2.45, 2.75) is 52.0 Å². The van der Waals surface area contributed by atoms with Gasteiger partial charge in [-0.2, -0.15) is 0 Å². The molecule has 0 aliphatic heterocycles. The van der Waals surface area contributed by atoms with Crippen molar-refractivity contribution in [3.63, 3.8) is 0 Å². The molecule has 6 heteroatoms. The summed E-state index contributed by atoms with van der Waals surface area (Å²) in [6.45, 7) is 5.09. The molecule has 1 fully saturated rings. The van der Waals surface area contributed by atoms with Gasteiger partial charge in [-0.15, -0.1) is 0 Å². The third-order valence-electron chi connectivity index (χ3n) is 4.40. The van der Waals surface area contributed by atoms with E-state index in [9.17, 15) is 4.79 Å². The molecule has 2 rings (SSSR count). The summed E-state index contributed by atoms with van der Waals surface area (Å²) in [5.41, 5.74) is 5.92. The van der Waals surface area contributed by atoms with Crippen LogP contribution >= 0.6 is 11.3 Å². The Labute approximate surface area is 130 Å². The van der Waals surface area contributed by atoms with E-state index in [1.165, 1.54) is 30.6 Å². The van der Waals surface area contributed by atoms with Crippen molar-refractivity contribution in [1.29, 1.82) is 0 Å². The van der Waals surface area contributed by atoms with Gasteiger partial charge >= 0.3 is 0 Å². The summed E-state index contributed by atoms with van der Waals surface area (Å²) in [5.74, 6) is 0.873. The van der Waals surface area contributed by atoms with E-state index in [1.54, 1.807) is 0 Å². The van der Waals surface area contributed by atoms with E-state index < -0.39 is 0 Å². The average molecular weight is 310 g/mol. The van der Waals surface area contributed by atoms with Crippen molar-refractivity contribution in [3.8, 4) is 0 Å². The molecular formula is C15H26N4OS. The standard InChI is InChI=1S/C15H26N4OS/c1-4-10-8-6-7-9-11(10)17-14(20)12-13(16)18-15(21-12)19(3)5-2/h10-11H,4-9,16H2,1-3H3,(H,17,20). The Morgan fingerprint density at radius 2 is 2.14 bits per heavy atom. The number of anilines is 2. The minimum Gasteiger partial charge on any atom is -0.382 e. The molecule has 118 valence electrons. The number of thiazole rings is 1. The van der Waals surface area contributed by atoms with Crippen molar-refractivity contribution in [3.05, 3.63) is 4.88 Å². The summed E-state index contributed by atoms with van der Waals surface area (Å²) in [6, 6.07) is 0.283. The quantitative estimate of drug-likeness (QED) is 0.877. The number of aromatic nitrogens is 1. The van der Waals surface area contributed by atoms with Gasteiger partial charge in [-0.05, 0) is 25.7 Å². The van der Waals surface area contributed by atoms with Crippen LogP contribution in [0.2, 0.25) is 0 Å². The summed E-state index contributed by atoms with van der Waals surface area (Å²) in [4.78, 5) is 19.3. The highest BCUT2D eigenvalue weighted by Gasteiger charge is 2.27. The number of amides is 1. The molecule has 2 unspecified atom stereocenters. The van der Waals surface area contributed by atoms with Crippen molar-refractivity contribution < 1.29 is 4.79 Å². The number of rotatable bonds is 5. The van der Waals surface area contributed by atoms with Crippen molar-refractivity contribution in [2.24, 2.45) is 5.92 Å². The van der Waals surface area contributed by atoms with E-state index in [0.717, 1.165) is 24.5 Å². The van der Waals surface area contributed by atoms with Gasteiger partial charge < -0.3 is 16.0 Å². The van der Waals surface area contributed by atoms with Crippen LogP contribution in [0.1, 0.15) is 55.6 Å². The van der Waals surface area contributed by atoms with Crippen LogP contribution in [0.5, 0.6) is 0 Å². The van der Waals surface area contributed by atoms with Crippen molar-refractivity contribution in [1.82, 2.24) is 10.3 Å². The lowest BCUT2D eigenvalue weighted by atomic mass is 9.83. The molecule has 2 atom stereocenters. The van der Waals surface area contributed by atoms with Crippen LogP contribution in [0.15, 0.2) is 0 Å². The van der Waals surface area contributed by atoms with E-state index in [4.69, 9.17) is 5.73 Å². The lowest BCUT2D eigenvalue weighted by molar-refractivity contribution is 0.0909. The van der Waals surface area contributed by atoms with Gasteiger partial charge in [0.2, 0.25) is 0 Å². The Hall–Kier alpha value is -1.30. The minimum absolute atomic E-state index is 0.0638. The number of nitrogens with zero attached hydrogens (tertiary/aromatic N) is 2. The number of nitrogens with one attached hydrogen (secondary N) is 1. The third kappa shape index (κ3) is 3.67. The Morgan fingerprint density at radius 3 is 2.81 bits per heavy atom. The van der Waals surface area contributed by atoms with Gasteiger partial charge in [0.05, 0.1) is 0 Å². The highest BCUT2D eigenvalue weighted by molar-refractivity contribution is 7.18. The van der Waals surface area contributed by atoms with Crippen LogP contribution < -0.4 is 16.0 Å². The fourth-order valence-corrected chi connectivity index (χ4v) is 3.82. The number of nitrogens with two attached hydrogens (primary N) is 1. The molecular weight excluding hydrogens is 284 g/mol. The molecule has 1 saturated carbocycles.